The van der Waals surface area contributed by atoms with Gasteiger partial charge in [-0.05, 0) is 12.1 Å². The number of nitrogens with two attached hydrogens (primary N) is 1. The number of hydrogen-bond acceptors (Lipinski definition) is 7. The second-order valence-corrected chi connectivity index (χ2v) is 5.71. The van der Waals surface area contributed by atoms with Crippen LogP contribution in [0.4, 0.5) is 11.4 Å². The van der Waals surface area contributed by atoms with Gasteiger partial charge in [-0.25, -0.2) is 18.1 Å². The standard InChI is InChI=1S/C10H12N6O4S/c11-15-8-5-7(1-2-9(8)16(17)18)21(19,20)14-6-10-12-3-4-13-10/h1-5,14-15H,6,11H2,(H,12,13). The summed E-state index contributed by atoms with van der Waals surface area (Å²) >= 11 is 0. The number of nitrogen functional groups attached to an aromatic ring is 1. The summed E-state index contributed by atoms with van der Waals surface area (Å²) in [6.07, 6.45) is 3.05. The monoisotopic (exact) mass is 312 g/mol. The number of nitro groups is 1. The number of aromatic amines is 1. The van der Waals surface area contributed by atoms with Gasteiger partial charge in [-0.2, -0.15) is 0 Å². The second-order valence-electron chi connectivity index (χ2n) is 3.94. The zero-order valence-corrected chi connectivity index (χ0v) is 11.4. The molecule has 0 aliphatic rings. The van der Waals surface area contributed by atoms with Crippen molar-refractivity contribution < 1.29 is 13.3 Å². The number of H-pyrrole nitrogens is 1. The van der Waals surface area contributed by atoms with Gasteiger partial charge in [0.15, 0.2) is 0 Å². The van der Waals surface area contributed by atoms with E-state index in [1.54, 1.807) is 6.20 Å². The minimum Gasteiger partial charge on any atom is -0.347 e. The molecular weight excluding hydrogens is 300 g/mol. The molecule has 0 radical (unpaired) electrons. The number of nitro benzene ring substituents is 1. The number of benzene rings is 1. The maximum Gasteiger partial charge on any atom is 0.293 e. The highest BCUT2D eigenvalue weighted by Gasteiger charge is 2.20. The molecule has 112 valence electrons. The van der Waals surface area contributed by atoms with Crippen molar-refractivity contribution in [3.63, 3.8) is 0 Å². The van der Waals surface area contributed by atoms with Crippen LogP contribution in [0.15, 0.2) is 35.5 Å². The predicted molar refractivity (Wildman–Crippen MR) is 73.5 cm³/mol. The lowest BCUT2D eigenvalue weighted by molar-refractivity contribution is -0.384. The van der Waals surface area contributed by atoms with Gasteiger partial charge in [0.25, 0.3) is 5.69 Å². The fraction of sp³-hybridized carbons (Fsp3) is 0.100. The van der Waals surface area contributed by atoms with E-state index in [1.165, 1.54) is 6.20 Å². The van der Waals surface area contributed by atoms with Crippen molar-refractivity contribution >= 4 is 21.4 Å². The number of nitrogens with one attached hydrogen (secondary N) is 3. The molecule has 0 unspecified atom stereocenters. The Morgan fingerprint density at radius 3 is 2.76 bits per heavy atom. The number of sulfonamides is 1. The molecule has 0 saturated carbocycles. The normalized spacial score (nSPS) is 11.3. The zero-order valence-electron chi connectivity index (χ0n) is 10.6. The van der Waals surface area contributed by atoms with E-state index in [2.05, 4.69) is 20.1 Å². The van der Waals surface area contributed by atoms with Crippen LogP contribution in [-0.4, -0.2) is 23.3 Å². The van der Waals surface area contributed by atoms with Gasteiger partial charge in [0.05, 0.1) is 16.4 Å². The van der Waals surface area contributed by atoms with Crippen molar-refractivity contribution in [3.8, 4) is 0 Å². The maximum atomic E-state index is 12.1. The Morgan fingerprint density at radius 1 is 1.43 bits per heavy atom. The van der Waals surface area contributed by atoms with Crippen LogP contribution in [0.2, 0.25) is 0 Å². The lowest BCUT2D eigenvalue weighted by Gasteiger charge is -2.08. The van der Waals surface area contributed by atoms with Crippen LogP contribution in [0.25, 0.3) is 0 Å². The average molecular weight is 312 g/mol. The third kappa shape index (κ3) is 3.34. The van der Waals surface area contributed by atoms with E-state index < -0.39 is 14.9 Å². The first kappa shape index (κ1) is 14.9. The molecule has 11 heteroatoms. The first-order valence-corrected chi connectivity index (χ1v) is 7.15. The molecule has 10 nitrogen and oxygen atoms in total. The second kappa shape index (κ2) is 5.87. The summed E-state index contributed by atoms with van der Waals surface area (Å²) in [7, 11) is -3.84. The van der Waals surface area contributed by atoms with Crippen molar-refractivity contribution in [1.29, 1.82) is 0 Å². The van der Waals surface area contributed by atoms with E-state index >= 15 is 0 Å². The number of hydrogen-bond donors (Lipinski definition) is 4. The molecule has 0 bridgehead atoms. The largest absolute Gasteiger partial charge is 0.347 e. The van der Waals surface area contributed by atoms with Crippen LogP contribution in [0, 0.1) is 10.1 Å². The summed E-state index contributed by atoms with van der Waals surface area (Å²) < 4.78 is 26.5. The molecule has 0 aliphatic heterocycles. The van der Waals surface area contributed by atoms with Crippen molar-refractivity contribution in [2.45, 2.75) is 11.4 Å². The number of nitrogens with zero attached hydrogens (tertiary/aromatic N) is 2. The van der Waals surface area contributed by atoms with Crippen molar-refractivity contribution in [1.82, 2.24) is 14.7 Å². The molecule has 0 aliphatic carbocycles. The fourth-order valence-electron chi connectivity index (χ4n) is 1.60. The molecule has 0 atom stereocenters. The summed E-state index contributed by atoms with van der Waals surface area (Å²) in [5, 5.41) is 10.8. The topological polar surface area (TPSA) is 156 Å². The Kier molecular flexibility index (Phi) is 4.16. The molecule has 1 aromatic carbocycles. The highest BCUT2D eigenvalue weighted by atomic mass is 32.2. The fourth-order valence-corrected chi connectivity index (χ4v) is 2.61. The number of aromatic nitrogens is 2. The van der Waals surface area contributed by atoms with Gasteiger partial charge in [0.1, 0.15) is 11.5 Å². The molecule has 5 N–H and O–H groups in total. The minimum absolute atomic E-state index is 0.0301. The van der Waals surface area contributed by atoms with E-state index in [4.69, 9.17) is 5.84 Å². The van der Waals surface area contributed by atoms with Gasteiger partial charge in [0, 0.05) is 18.5 Å². The molecule has 0 fully saturated rings. The quantitative estimate of drug-likeness (QED) is 0.334. The molecule has 21 heavy (non-hydrogen) atoms. The maximum absolute atomic E-state index is 12.1. The molecular formula is C10H12N6O4S. The van der Waals surface area contributed by atoms with Gasteiger partial charge in [0.2, 0.25) is 10.0 Å². The lowest BCUT2D eigenvalue weighted by atomic mass is 10.3. The Labute approximate surface area is 119 Å². The molecule has 0 amide bonds. The SMILES string of the molecule is NNc1cc(S(=O)(=O)NCc2ncc[nH]2)ccc1[N+](=O)[O-]. The summed E-state index contributed by atoms with van der Waals surface area (Å²) in [6.45, 7) is -0.0301. The number of rotatable bonds is 6. The number of anilines is 1. The Morgan fingerprint density at radius 2 is 2.19 bits per heavy atom. The number of hydrazine groups is 1. The molecule has 0 saturated heterocycles. The van der Waals surface area contributed by atoms with Crippen LogP contribution < -0.4 is 16.0 Å². The van der Waals surface area contributed by atoms with E-state index in [9.17, 15) is 18.5 Å². The van der Waals surface area contributed by atoms with Gasteiger partial charge in [-0.3, -0.25) is 16.0 Å². The van der Waals surface area contributed by atoms with Crippen LogP contribution in [-0.2, 0) is 16.6 Å². The summed E-state index contributed by atoms with van der Waals surface area (Å²) in [5.41, 5.74) is 1.69. The summed E-state index contributed by atoms with van der Waals surface area (Å²) in [4.78, 5) is 16.6. The first-order valence-electron chi connectivity index (χ1n) is 5.67. The molecule has 1 heterocycles. The van der Waals surface area contributed by atoms with E-state index in [0.29, 0.717) is 5.82 Å². The highest BCUT2D eigenvalue weighted by Crippen LogP contribution is 2.26. The smallest absolute Gasteiger partial charge is 0.293 e. The van der Waals surface area contributed by atoms with Gasteiger partial charge in [-0.1, -0.05) is 0 Å². The summed E-state index contributed by atoms with van der Waals surface area (Å²) in [5.74, 6) is 5.61. The van der Waals surface area contributed by atoms with Crippen molar-refractivity contribution in [2.24, 2.45) is 5.84 Å². The molecule has 2 rings (SSSR count). The first-order chi connectivity index (χ1) is 9.94. The van der Waals surface area contributed by atoms with Crippen molar-refractivity contribution in [3.05, 3.63) is 46.5 Å². The molecule has 0 spiro atoms. The Hall–Kier alpha value is -2.50. The third-order valence-corrected chi connectivity index (χ3v) is 4.01. The van der Waals surface area contributed by atoms with Crippen molar-refractivity contribution in [2.75, 3.05) is 5.43 Å². The van der Waals surface area contributed by atoms with E-state index in [0.717, 1.165) is 18.2 Å². The minimum atomic E-state index is -3.84. The average Bonchev–Trinajstić information content (AvgIpc) is 2.97. The van der Waals surface area contributed by atoms with Gasteiger partial charge in [-0.15, -0.1) is 0 Å². The lowest BCUT2D eigenvalue weighted by Crippen LogP contribution is -2.24. The van der Waals surface area contributed by atoms with Gasteiger partial charge < -0.3 is 10.4 Å². The van der Waals surface area contributed by atoms with Gasteiger partial charge >= 0.3 is 0 Å². The van der Waals surface area contributed by atoms with Crippen LogP contribution >= 0.6 is 0 Å². The number of imidazole rings is 1. The highest BCUT2D eigenvalue weighted by molar-refractivity contribution is 7.89. The van der Waals surface area contributed by atoms with E-state index in [-0.39, 0.29) is 22.8 Å². The zero-order chi connectivity index (χ0) is 15.5. The predicted octanol–water partition coefficient (Wildman–Crippen LogP) is 0.0820. The van der Waals surface area contributed by atoms with Crippen LogP contribution in [0.1, 0.15) is 5.82 Å². The van der Waals surface area contributed by atoms with E-state index in [1.807, 2.05) is 0 Å². The van der Waals surface area contributed by atoms with Crippen LogP contribution in [0.5, 0.6) is 0 Å². The third-order valence-electron chi connectivity index (χ3n) is 2.62. The molecule has 1 aromatic heterocycles. The van der Waals surface area contributed by atoms with Crippen LogP contribution in [0.3, 0.4) is 0 Å². The molecule has 2 aromatic rings. The Balaban J connectivity index is 2.25. The summed E-state index contributed by atoms with van der Waals surface area (Å²) in [6, 6.07) is 3.28. The Bertz CT molecular complexity index is 743.